The highest BCUT2D eigenvalue weighted by Gasteiger charge is 2.21. The van der Waals surface area contributed by atoms with Crippen molar-refractivity contribution in [1.29, 1.82) is 0 Å². The van der Waals surface area contributed by atoms with Gasteiger partial charge in [-0.3, -0.25) is 0 Å². The van der Waals surface area contributed by atoms with Gasteiger partial charge in [0, 0.05) is 0 Å². The molecule has 0 aliphatic carbocycles. The number of carbonyl (C=O) groups is 1. The van der Waals surface area contributed by atoms with E-state index < -0.39 is 12.1 Å². The van der Waals surface area contributed by atoms with Crippen molar-refractivity contribution in [2.24, 2.45) is 0 Å². The zero-order chi connectivity index (χ0) is 11.4. The van der Waals surface area contributed by atoms with E-state index in [-0.39, 0.29) is 5.92 Å². The van der Waals surface area contributed by atoms with E-state index in [2.05, 4.69) is 4.74 Å². The molecule has 82 valence electrons. The van der Waals surface area contributed by atoms with Crippen LogP contribution in [-0.2, 0) is 9.53 Å². The van der Waals surface area contributed by atoms with E-state index in [9.17, 15) is 9.90 Å². The van der Waals surface area contributed by atoms with Crippen molar-refractivity contribution >= 4 is 5.97 Å². The summed E-state index contributed by atoms with van der Waals surface area (Å²) < 4.78 is 4.51. The molecule has 1 aromatic carbocycles. The molecule has 0 saturated heterocycles. The van der Waals surface area contributed by atoms with Crippen LogP contribution in [0.5, 0.6) is 0 Å². The zero-order valence-corrected chi connectivity index (χ0v) is 9.23. The number of esters is 1. The highest BCUT2D eigenvalue weighted by molar-refractivity contribution is 5.76. The van der Waals surface area contributed by atoms with E-state index in [1.807, 2.05) is 26.0 Å². The molecule has 0 amide bonds. The first-order chi connectivity index (χ1) is 7.07. The third kappa shape index (κ3) is 2.57. The second-order valence-corrected chi connectivity index (χ2v) is 3.71. The predicted octanol–water partition coefficient (Wildman–Crippen LogP) is 2.02. The largest absolute Gasteiger partial charge is 0.467 e. The van der Waals surface area contributed by atoms with Crippen LogP contribution in [0.1, 0.15) is 37.0 Å². The molecule has 3 heteroatoms. The molecule has 0 heterocycles. The van der Waals surface area contributed by atoms with Crippen LogP contribution in [0, 0.1) is 0 Å². The molecule has 0 aliphatic heterocycles. The average molecular weight is 208 g/mol. The van der Waals surface area contributed by atoms with Crippen molar-refractivity contribution in [3.05, 3.63) is 35.4 Å². The predicted molar refractivity (Wildman–Crippen MR) is 57.5 cm³/mol. The molecule has 1 atom stereocenters. The summed E-state index contributed by atoms with van der Waals surface area (Å²) >= 11 is 0. The summed E-state index contributed by atoms with van der Waals surface area (Å²) in [6.45, 7) is 4.03. The minimum atomic E-state index is -1.19. The van der Waals surface area contributed by atoms with Gasteiger partial charge in [0.05, 0.1) is 7.11 Å². The Hall–Kier alpha value is -1.35. The first kappa shape index (κ1) is 11.7. The molecule has 0 fully saturated rings. The van der Waals surface area contributed by atoms with Gasteiger partial charge < -0.3 is 9.84 Å². The summed E-state index contributed by atoms with van der Waals surface area (Å²) in [5.41, 5.74) is 1.59. The van der Waals surface area contributed by atoms with Crippen molar-refractivity contribution < 1.29 is 14.6 Å². The van der Waals surface area contributed by atoms with Gasteiger partial charge in [-0.25, -0.2) is 4.79 Å². The number of hydrogen-bond donors (Lipinski definition) is 1. The highest BCUT2D eigenvalue weighted by Crippen LogP contribution is 2.25. The Morgan fingerprint density at radius 2 is 1.80 bits per heavy atom. The molecule has 0 spiro atoms. The molecule has 0 bridgehead atoms. The Balaban J connectivity index is 3.07. The maximum atomic E-state index is 11.2. The van der Waals surface area contributed by atoms with Gasteiger partial charge in [-0.15, -0.1) is 0 Å². The van der Waals surface area contributed by atoms with Crippen LogP contribution in [0.2, 0.25) is 0 Å². The molecular formula is C12H16O3. The first-order valence-corrected chi connectivity index (χ1v) is 4.92. The van der Waals surface area contributed by atoms with E-state index >= 15 is 0 Å². The Kier molecular flexibility index (Phi) is 3.86. The molecular weight excluding hydrogens is 192 g/mol. The van der Waals surface area contributed by atoms with Crippen molar-refractivity contribution in [3.63, 3.8) is 0 Å². The van der Waals surface area contributed by atoms with E-state index in [4.69, 9.17) is 0 Å². The summed E-state index contributed by atoms with van der Waals surface area (Å²) in [5.74, 6) is -0.358. The molecule has 1 unspecified atom stereocenters. The van der Waals surface area contributed by atoms with Gasteiger partial charge in [0.15, 0.2) is 6.10 Å². The summed E-state index contributed by atoms with van der Waals surface area (Å²) in [6.07, 6.45) is -1.19. The van der Waals surface area contributed by atoms with Crippen LogP contribution in [0.15, 0.2) is 24.3 Å². The summed E-state index contributed by atoms with van der Waals surface area (Å²) in [5, 5.41) is 9.74. The van der Waals surface area contributed by atoms with Gasteiger partial charge in [-0.1, -0.05) is 38.1 Å². The van der Waals surface area contributed by atoms with Crippen LogP contribution in [0.4, 0.5) is 0 Å². The summed E-state index contributed by atoms with van der Waals surface area (Å²) in [4.78, 5) is 11.2. The van der Waals surface area contributed by atoms with Crippen molar-refractivity contribution in [2.75, 3.05) is 7.11 Å². The molecule has 3 nitrogen and oxygen atoms in total. The van der Waals surface area contributed by atoms with Crippen LogP contribution in [0.25, 0.3) is 0 Å². The van der Waals surface area contributed by atoms with Crippen molar-refractivity contribution in [1.82, 2.24) is 0 Å². The lowest BCUT2D eigenvalue weighted by Gasteiger charge is -2.15. The number of ether oxygens (including phenoxy) is 1. The molecule has 0 aliphatic rings. The lowest BCUT2D eigenvalue weighted by Crippen LogP contribution is -2.15. The maximum absolute atomic E-state index is 11.2. The molecule has 0 saturated carbocycles. The second kappa shape index (κ2) is 4.94. The standard InChI is InChI=1S/C12H16O3/c1-8(2)9-6-4-5-7-10(9)11(13)12(14)15-3/h4-8,11,13H,1-3H3. The number of benzene rings is 1. The minimum absolute atomic E-state index is 0.264. The topological polar surface area (TPSA) is 46.5 Å². The molecule has 15 heavy (non-hydrogen) atoms. The number of methoxy groups -OCH3 is 1. The summed E-state index contributed by atoms with van der Waals surface area (Å²) in [6, 6.07) is 7.35. The zero-order valence-electron chi connectivity index (χ0n) is 9.23. The van der Waals surface area contributed by atoms with Crippen molar-refractivity contribution in [3.8, 4) is 0 Å². The van der Waals surface area contributed by atoms with Crippen LogP contribution in [-0.4, -0.2) is 18.2 Å². The highest BCUT2D eigenvalue weighted by atomic mass is 16.5. The summed E-state index contributed by atoms with van der Waals surface area (Å²) in [7, 11) is 1.27. The van der Waals surface area contributed by atoms with Crippen LogP contribution >= 0.6 is 0 Å². The van der Waals surface area contributed by atoms with Crippen LogP contribution < -0.4 is 0 Å². The van der Waals surface area contributed by atoms with Crippen LogP contribution in [0.3, 0.4) is 0 Å². The fourth-order valence-corrected chi connectivity index (χ4v) is 1.52. The average Bonchev–Trinajstić information content (AvgIpc) is 2.27. The fourth-order valence-electron chi connectivity index (χ4n) is 1.52. The Labute approximate surface area is 89.7 Å². The Bertz CT molecular complexity index is 344. The van der Waals surface area contributed by atoms with Gasteiger partial charge in [-0.2, -0.15) is 0 Å². The Morgan fingerprint density at radius 1 is 1.27 bits per heavy atom. The normalized spacial score (nSPS) is 12.6. The minimum Gasteiger partial charge on any atom is -0.467 e. The third-order valence-electron chi connectivity index (χ3n) is 2.34. The molecule has 1 aromatic rings. The van der Waals surface area contributed by atoms with E-state index in [0.717, 1.165) is 5.56 Å². The van der Waals surface area contributed by atoms with Crippen molar-refractivity contribution in [2.45, 2.75) is 25.9 Å². The van der Waals surface area contributed by atoms with Gasteiger partial charge in [0.1, 0.15) is 0 Å². The van der Waals surface area contributed by atoms with Gasteiger partial charge >= 0.3 is 5.97 Å². The number of hydrogen-bond acceptors (Lipinski definition) is 3. The first-order valence-electron chi connectivity index (χ1n) is 4.92. The van der Waals surface area contributed by atoms with E-state index in [0.29, 0.717) is 5.56 Å². The lowest BCUT2D eigenvalue weighted by atomic mass is 9.94. The lowest BCUT2D eigenvalue weighted by molar-refractivity contribution is -0.150. The number of rotatable bonds is 3. The molecule has 1 rings (SSSR count). The van der Waals surface area contributed by atoms with Gasteiger partial charge in [0.2, 0.25) is 0 Å². The van der Waals surface area contributed by atoms with E-state index in [1.165, 1.54) is 7.11 Å². The number of carbonyl (C=O) groups excluding carboxylic acids is 1. The molecule has 0 radical (unpaired) electrons. The number of aliphatic hydroxyl groups excluding tert-OH is 1. The smallest absolute Gasteiger partial charge is 0.339 e. The molecule has 0 aromatic heterocycles. The molecule has 1 N–H and O–H groups in total. The fraction of sp³-hybridized carbons (Fsp3) is 0.417. The second-order valence-electron chi connectivity index (χ2n) is 3.71. The third-order valence-corrected chi connectivity index (χ3v) is 2.34. The Morgan fingerprint density at radius 3 is 2.27 bits per heavy atom. The SMILES string of the molecule is COC(=O)C(O)c1ccccc1C(C)C. The maximum Gasteiger partial charge on any atom is 0.339 e. The monoisotopic (exact) mass is 208 g/mol. The van der Waals surface area contributed by atoms with Gasteiger partial charge in [-0.05, 0) is 17.0 Å². The quantitative estimate of drug-likeness (QED) is 0.773. The van der Waals surface area contributed by atoms with E-state index in [1.54, 1.807) is 12.1 Å². The number of aliphatic hydroxyl groups is 1. The van der Waals surface area contributed by atoms with Gasteiger partial charge in [0.25, 0.3) is 0 Å².